The molecule has 19 heavy (non-hydrogen) atoms. The maximum Gasteiger partial charge on any atom is 0.418 e. The molecule has 0 aliphatic heterocycles. The predicted molar refractivity (Wildman–Crippen MR) is 63.3 cm³/mol. The van der Waals surface area contributed by atoms with Gasteiger partial charge in [0.1, 0.15) is 17.4 Å². The van der Waals surface area contributed by atoms with Crippen LogP contribution in [0.25, 0.3) is 11.1 Å². The van der Waals surface area contributed by atoms with Crippen LogP contribution >= 0.6 is 0 Å². The molecule has 2 nitrogen and oxygen atoms in total. The van der Waals surface area contributed by atoms with E-state index < -0.39 is 23.1 Å². The molecule has 0 fully saturated rings. The molecule has 0 saturated heterocycles. The quantitative estimate of drug-likeness (QED) is 0.846. The van der Waals surface area contributed by atoms with Gasteiger partial charge in [-0.15, -0.1) is 0 Å². The Labute approximate surface area is 107 Å². The van der Waals surface area contributed by atoms with Crippen molar-refractivity contribution in [1.29, 1.82) is 5.26 Å². The summed E-state index contributed by atoms with van der Waals surface area (Å²) in [6.07, 6.45) is -4.71. The van der Waals surface area contributed by atoms with Crippen molar-refractivity contribution < 1.29 is 18.3 Å². The summed E-state index contributed by atoms with van der Waals surface area (Å²) in [4.78, 5) is 0. The fourth-order valence-electron chi connectivity index (χ4n) is 1.86. The van der Waals surface area contributed by atoms with E-state index in [9.17, 15) is 18.3 Å². The van der Waals surface area contributed by atoms with Crippen LogP contribution in [0, 0.1) is 11.3 Å². The fraction of sp³-hybridized carbons (Fsp3) is 0.0714. The minimum Gasteiger partial charge on any atom is -0.507 e. The second-order valence-electron chi connectivity index (χ2n) is 3.86. The van der Waals surface area contributed by atoms with Crippen molar-refractivity contribution in [3.8, 4) is 22.9 Å². The molecule has 0 aliphatic carbocycles. The van der Waals surface area contributed by atoms with Crippen molar-refractivity contribution >= 4 is 0 Å². The largest absolute Gasteiger partial charge is 0.507 e. The standard InChI is InChI=1S/C14H8F3NO/c15-14(16,17)13-10(9-4-2-1-3-5-9)6-7-12(19)11(13)8-18/h1-7,19H. The van der Waals surface area contributed by atoms with E-state index in [-0.39, 0.29) is 5.56 Å². The molecule has 0 amide bonds. The van der Waals surface area contributed by atoms with E-state index in [1.807, 2.05) is 0 Å². The van der Waals surface area contributed by atoms with Crippen molar-refractivity contribution in [1.82, 2.24) is 0 Å². The highest BCUT2D eigenvalue weighted by Crippen LogP contribution is 2.41. The van der Waals surface area contributed by atoms with Gasteiger partial charge in [-0.2, -0.15) is 18.4 Å². The summed E-state index contributed by atoms with van der Waals surface area (Å²) in [5.41, 5.74) is -1.65. The number of nitriles is 1. The van der Waals surface area contributed by atoms with Gasteiger partial charge in [0.05, 0.1) is 5.56 Å². The minimum absolute atomic E-state index is 0.123. The van der Waals surface area contributed by atoms with Crippen LogP contribution in [-0.4, -0.2) is 5.11 Å². The average molecular weight is 263 g/mol. The third-order valence-corrected chi connectivity index (χ3v) is 2.66. The molecule has 1 N–H and O–H groups in total. The Hall–Kier alpha value is -2.48. The lowest BCUT2D eigenvalue weighted by Gasteiger charge is -2.15. The molecule has 0 heterocycles. The Balaban J connectivity index is 2.80. The molecule has 0 aromatic heterocycles. The van der Waals surface area contributed by atoms with Gasteiger partial charge in [-0.25, -0.2) is 0 Å². The van der Waals surface area contributed by atoms with Crippen molar-refractivity contribution in [2.75, 3.05) is 0 Å². The molecule has 0 spiro atoms. The van der Waals surface area contributed by atoms with Crippen molar-refractivity contribution in [2.24, 2.45) is 0 Å². The third-order valence-electron chi connectivity index (χ3n) is 2.66. The zero-order valence-electron chi connectivity index (χ0n) is 9.57. The van der Waals surface area contributed by atoms with E-state index in [2.05, 4.69) is 0 Å². The number of nitrogens with zero attached hydrogens (tertiary/aromatic N) is 1. The van der Waals surface area contributed by atoms with Gasteiger partial charge in [0.2, 0.25) is 0 Å². The lowest BCUT2D eigenvalue weighted by Crippen LogP contribution is -2.10. The summed E-state index contributed by atoms with van der Waals surface area (Å²) in [7, 11) is 0. The summed E-state index contributed by atoms with van der Waals surface area (Å²) < 4.78 is 39.3. The first kappa shape index (κ1) is 13.0. The minimum atomic E-state index is -4.71. The second kappa shape index (κ2) is 4.65. The van der Waals surface area contributed by atoms with Gasteiger partial charge in [-0.3, -0.25) is 0 Å². The molecule has 0 unspecified atom stereocenters. The van der Waals surface area contributed by atoms with Crippen LogP contribution in [0.3, 0.4) is 0 Å². The summed E-state index contributed by atoms with van der Waals surface area (Å²) >= 11 is 0. The number of hydrogen-bond acceptors (Lipinski definition) is 2. The number of phenols is 1. The van der Waals surface area contributed by atoms with E-state index in [4.69, 9.17) is 5.26 Å². The molecular formula is C14H8F3NO. The molecule has 0 saturated carbocycles. The Morgan fingerprint density at radius 3 is 2.16 bits per heavy atom. The van der Waals surface area contributed by atoms with Gasteiger partial charge >= 0.3 is 6.18 Å². The highest BCUT2D eigenvalue weighted by atomic mass is 19.4. The summed E-state index contributed by atoms with van der Waals surface area (Å²) in [6, 6.07) is 11.6. The summed E-state index contributed by atoms with van der Waals surface area (Å²) in [5, 5.41) is 18.2. The number of hydrogen-bond donors (Lipinski definition) is 1. The summed E-state index contributed by atoms with van der Waals surface area (Å²) in [6.45, 7) is 0. The van der Waals surface area contributed by atoms with Gasteiger partial charge in [0.15, 0.2) is 0 Å². The van der Waals surface area contributed by atoms with Crippen molar-refractivity contribution in [3.05, 3.63) is 53.6 Å². The topological polar surface area (TPSA) is 44.0 Å². The molecule has 2 aromatic carbocycles. The summed E-state index contributed by atoms with van der Waals surface area (Å²) in [5.74, 6) is -0.672. The molecule has 0 bridgehead atoms. The van der Waals surface area contributed by atoms with Gasteiger partial charge in [-0.1, -0.05) is 36.4 Å². The molecule has 0 atom stereocenters. The van der Waals surface area contributed by atoms with E-state index in [1.54, 1.807) is 18.2 Å². The number of alkyl halides is 3. The van der Waals surface area contributed by atoms with Crippen LogP contribution in [-0.2, 0) is 6.18 Å². The Bertz CT molecular complexity index is 642. The molecule has 5 heteroatoms. The fourth-order valence-corrected chi connectivity index (χ4v) is 1.86. The number of aromatic hydroxyl groups is 1. The maximum absolute atomic E-state index is 13.1. The predicted octanol–water partition coefficient (Wildman–Crippen LogP) is 3.95. The normalized spacial score (nSPS) is 11.1. The van der Waals surface area contributed by atoms with E-state index in [0.717, 1.165) is 12.1 Å². The van der Waals surface area contributed by atoms with Crippen molar-refractivity contribution in [3.63, 3.8) is 0 Å². The molecule has 0 radical (unpaired) electrons. The monoisotopic (exact) mass is 263 g/mol. The smallest absolute Gasteiger partial charge is 0.418 e. The van der Waals surface area contributed by atoms with Gasteiger partial charge in [0.25, 0.3) is 0 Å². The Kier molecular flexibility index (Phi) is 3.17. The van der Waals surface area contributed by atoms with Gasteiger partial charge in [-0.05, 0) is 17.2 Å². The molecule has 2 aromatic rings. The molecular weight excluding hydrogens is 255 g/mol. The molecule has 96 valence electrons. The zero-order chi connectivity index (χ0) is 14.0. The highest BCUT2D eigenvalue weighted by molar-refractivity contribution is 5.73. The molecule has 0 aliphatic rings. The van der Waals surface area contributed by atoms with Crippen LogP contribution in [0.2, 0.25) is 0 Å². The lowest BCUT2D eigenvalue weighted by atomic mass is 9.95. The first-order valence-corrected chi connectivity index (χ1v) is 5.34. The number of phenolic OH excluding ortho intramolecular Hbond substituents is 1. The van der Waals surface area contributed by atoms with Gasteiger partial charge in [0, 0.05) is 0 Å². The first-order valence-electron chi connectivity index (χ1n) is 5.34. The van der Waals surface area contributed by atoms with Crippen LogP contribution in [0.15, 0.2) is 42.5 Å². The first-order chi connectivity index (χ1) is 8.95. The second-order valence-corrected chi connectivity index (χ2v) is 3.86. The maximum atomic E-state index is 13.1. The third kappa shape index (κ3) is 2.38. The lowest BCUT2D eigenvalue weighted by molar-refractivity contribution is -0.137. The number of rotatable bonds is 1. The number of benzene rings is 2. The van der Waals surface area contributed by atoms with E-state index >= 15 is 0 Å². The number of halogens is 3. The SMILES string of the molecule is N#Cc1c(O)ccc(-c2ccccc2)c1C(F)(F)F. The van der Waals surface area contributed by atoms with E-state index in [0.29, 0.717) is 5.56 Å². The Morgan fingerprint density at radius 2 is 1.63 bits per heavy atom. The molecule has 2 rings (SSSR count). The zero-order valence-corrected chi connectivity index (χ0v) is 9.57. The highest BCUT2D eigenvalue weighted by Gasteiger charge is 2.38. The van der Waals surface area contributed by atoms with Crippen LogP contribution in [0.5, 0.6) is 5.75 Å². The van der Waals surface area contributed by atoms with Crippen LogP contribution < -0.4 is 0 Å². The average Bonchev–Trinajstić information content (AvgIpc) is 2.38. The van der Waals surface area contributed by atoms with Crippen LogP contribution in [0.1, 0.15) is 11.1 Å². The van der Waals surface area contributed by atoms with Crippen molar-refractivity contribution in [2.45, 2.75) is 6.18 Å². The van der Waals surface area contributed by atoms with Gasteiger partial charge < -0.3 is 5.11 Å². The van der Waals surface area contributed by atoms with E-state index in [1.165, 1.54) is 18.2 Å². The Morgan fingerprint density at radius 1 is 1.00 bits per heavy atom. The van der Waals surface area contributed by atoms with Crippen LogP contribution in [0.4, 0.5) is 13.2 Å².